The Kier molecular flexibility index (Phi) is 4.98. The number of hydrogen-bond donors (Lipinski definition) is 2. The largest absolute Gasteiger partial charge is 0.497 e. The molecule has 9 nitrogen and oxygen atoms in total. The number of azo groups is 1. The van der Waals surface area contributed by atoms with E-state index >= 15 is 0 Å². The molecule has 2 amide bonds. The van der Waals surface area contributed by atoms with Crippen LogP contribution in [0.25, 0.3) is 0 Å². The highest BCUT2D eigenvalue weighted by Crippen LogP contribution is 2.29. The number of aliphatic imine (C=N–C) groups is 1. The molecular formula is C15H15N5O4S. The molecule has 1 aromatic rings. The average molecular weight is 361 g/mol. The van der Waals surface area contributed by atoms with Crippen LogP contribution in [0.3, 0.4) is 0 Å². The fraction of sp³-hybridized carbons (Fsp3) is 0.267. The van der Waals surface area contributed by atoms with Crippen molar-refractivity contribution in [3.8, 4) is 11.5 Å². The Morgan fingerprint density at radius 3 is 2.96 bits per heavy atom. The van der Waals surface area contributed by atoms with E-state index in [9.17, 15) is 9.59 Å². The molecule has 2 aliphatic heterocycles. The zero-order valence-electron chi connectivity index (χ0n) is 13.5. The Hall–Kier alpha value is -2.88. The van der Waals surface area contributed by atoms with Crippen molar-refractivity contribution in [2.75, 3.05) is 25.3 Å². The second kappa shape index (κ2) is 7.34. The van der Waals surface area contributed by atoms with E-state index in [0.717, 1.165) is 11.8 Å². The standard InChI is InChI=1S/C15H15N5O4S/c1-23-8-3-4-11(24-2)10(5-8)17-12(21)7-25-15-18-13-9(6-16-20-13)14(22)19-15/h3-6,13H,7H2,1-2H3,(H,17,21)(H,18,19,22). The second-order valence-electron chi connectivity index (χ2n) is 4.98. The van der Waals surface area contributed by atoms with Gasteiger partial charge < -0.3 is 20.1 Å². The molecule has 1 unspecified atom stereocenters. The normalized spacial score (nSPS) is 18.0. The van der Waals surface area contributed by atoms with E-state index in [1.54, 1.807) is 18.2 Å². The summed E-state index contributed by atoms with van der Waals surface area (Å²) in [6, 6.07) is 5.10. The van der Waals surface area contributed by atoms with E-state index in [1.165, 1.54) is 20.4 Å². The summed E-state index contributed by atoms with van der Waals surface area (Å²) in [5.74, 6) is 0.593. The first-order chi connectivity index (χ1) is 12.1. The van der Waals surface area contributed by atoms with Crippen LogP contribution >= 0.6 is 11.8 Å². The molecule has 0 saturated heterocycles. The quantitative estimate of drug-likeness (QED) is 0.826. The van der Waals surface area contributed by atoms with E-state index in [-0.39, 0.29) is 17.6 Å². The van der Waals surface area contributed by atoms with Gasteiger partial charge in [0.15, 0.2) is 11.3 Å². The first-order valence-electron chi connectivity index (χ1n) is 7.24. The Morgan fingerprint density at radius 1 is 1.36 bits per heavy atom. The number of nitrogens with zero attached hydrogens (tertiary/aromatic N) is 3. The number of fused-ring (bicyclic) bond motifs is 1. The molecule has 0 bridgehead atoms. The SMILES string of the molecule is COc1ccc(OC)c(NC(=O)CSC2=NC3N=NC=C3C(=O)N2)c1. The first-order valence-corrected chi connectivity index (χ1v) is 8.23. The van der Waals surface area contributed by atoms with Crippen molar-refractivity contribution in [1.29, 1.82) is 0 Å². The van der Waals surface area contributed by atoms with Gasteiger partial charge >= 0.3 is 0 Å². The number of carbonyl (C=O) groups is 2. The molecule has 1 atom stereocenters. The van der Waals surface area contributed by atoms with E-state index in [2.05, 4.69) is 25.9 Å². The monoisotopic (exact) mass is 361 g/mol. The molecule has 10 heteroatoms. The molecule has 0 aliphatic carbocycles. The van der Waals surface area contributed by atoms with Gasteiger partial charge in [0.25, 0.3) is 5.91 Å². The fourth-order valence-corrected chi connectivity index (χ4v) is 2.86. The Labute approximate surface area is 147 Å². The Balaban J connectivity index is 1.61. The number of hydrogen-bond acceptors (Lipinski definition) is 8. The van der Waals surface area contributed by atoms with Gasteiger partial charge in [-0.15, -0.1) is 0 Å². The number of anilines is 1. The molecule has 3 rings (SSSR count). The third-order valence-electron chi connectivity index (χ3n) is 3.39. The van der Waals surface area contributed by atoms with Crippen LogP contribution in [0.5, 0.6) is 11.5 Å². The summed E-state index contributed by atoms with van der Waals surface area (Å²) in [5.41, 5.74) is 0.895. The highest BCUT2D eigenvalue weighted by molar-refractivity contribution is 8.14. The van der Waals surface area contributed by atoms with Crippen LogP contribution in [0.2, 0.25) is 0 Å². The summed E-state index contributed by atoms with van der Waals surface area (Å²) in [6.07, 6.45) is 0.769. The van der Waals surface area contributed by atoms with Crippen molar-refractivity contribution in [3.05, 3.63) is 30.0 Å². The van der Waals surface area contributed by atoms with Gasteiger partial charge in [-0.25, -0.2) is 4.99 Å². The lowest BCUT2D eigenvalue weighted by Gasteiger charge is -2.17. The molecular weight excluding hydrogens is 346 g/mol. The van der Waals surface area contributed by atoms with Crippen LogP contribution < -0.4 is 20.1 Å². The van der Waals surface area contributed by atoms with E-state index in [1.807, 2.05) is 0 Å². The lowest BCUT2D eigenvalue weighted by atomic mass is 10.2. The third kappa shape index (κ3) is 3.79. The number of rotatable bonds is 5. The van der Waals surface area contributed by atoms with Crippen LogP contribution in [0, 0.1) is 0 Å². The van der Waals surface area contributed by atoms with Crippen molar-refractivity contribution < 1.29 is 19.1 Å². The summed E-state index contributed by atoms with van der Waals surface area (Å²) in [6.45, 7) is 0. The van der Waals surface area contributed by atoms with Gasteiger partial charge in [-0.05, 0) is 12.1 Å². The molecule has 130 valence electrons. The summed E-state index contributed by atoms with van der Waals surface area (Å²) < 4.78 is 10.4. The lowest BCUT2D eigenvalue weighted by molar-refractivity contribution is -0.116. The highest BCUT2D eigenvalue weighted by atomic mass is 32.2. The predicted octanol–water partition coefficient (Wildman–Crippen LogP) is 1.54. The second-order valence-corrected chi connectivity index (χ2v) is 5.94. The molecule has 25 heavy (non-hydrogen) atoms. The molecule has 0 spiro atoms. The first kappa shape index (κ1) is 17.0. The van der Waals surface area contributed by atoms with Crippen molar-refractivity contribution >= 4 is 34.4 Å². The van der Waals surface area contributed by atoms with Crippen LogP contribution in [0.4, 0.5) is 5.69 Å². The van der Waals surface area contributed by atoms with Gasteiger partial charge in [0.05, 0.1) is 37.4 Å². The number of nitrogens with one attached hydrogen (secondary N) is 2. The summed E-state index contributed by atoms with van der Waals surface area (Å²) >= 11 is 1.11. The van der Waals surface area contributed by atoms with E-state index in [0.29, 0.717) is 27.9 Å². The van der Waals surface area contributed by atoms with Crippen LogP contribution in [0.1, 0.15) is 0 Å². The number of amidine groups is 1. The third-order valence-corrected chi connectivity index (χ3v) is 4.28. The van der Waals surface area contributed by atoms with Crippen molar-refractivity contribution in [2.45, 2.75) is 6.17 Å². The summed E-state index contributed by atoms with van der Waals surface area (Å²) in [7, 11) is 3.05. The average Bonchev–Trinajstić information content (AvgIpc) is 3.09. The maximum atomic E-state index is 12.2. The lowest BCUT2D eigenvalue weighted by Crippen LogP contribution is -2.38. The molecule has 2 N–H and O–H groups in total. The maximum Gasteiger partial charge on any atom is 0.258 e. The molecule has 2 heterocycles. The van der Waals surface area contributed by atoms with Crippen LogP contribution in [0.15, 0.2) is 45.2 Å². The summed E-state index contributed by atoms with van der Waals surface area (Å²) in [5, 5.41) is 13.2. The Bertz CT molecular complexity index is 805. The number of benzene rings is 1. The van der Waals surface area contributed by atoms with Gasteiger partial charge in [0, 0.05) is 6.07 Å². The number of ether oxygens (including phenoxy) is 2. The number of amides is 2. The number of carbonyl (C=O) groups excluding carboxylic acids is 2. The minimum absolute atomic E-state index is 0.0579. The molecule has 2 aliphatic rings. The van der Waals surface area contributed by atoms with E-state index in [4.69, 9.17) is 9.47 Å². The predicted molar refractivity (Wildman–Crippen MR) is 92.9 cm³/mol. The zero-order chi connectivity index (χ0) is 17.8. The molecule has 0 fully saturated rings. The fourth-order valence-electron chi connectivity index (χ4n) is 2.18. The minimum Gasteiger partial charge on any atom is -0.497 e. The summed E-state index contributed by atoms with van der Waals surface area (Å²) in [4.78, 5) is 28.3. The minimum atomic E-state index is -0.613. The smallest absolute Gasteiger partial charge is 0.258 e. The van der Waals surface area contributed by atoms with Gasteiger partial charge in [-0.3, -0.25) is 9.59 Å². The molecule has 0 radical (unpaired) electrons. The van der Waals surface area contributed by atoms with Crippen LogP contribution in [-0.2, 0) is 9.59 Å². The van der Waals surface area contributed by atoms with Crippen molar-refractivity contribution in [2.24, 2.45) is 15.2 Å². The molecule has 1 aromatic carbocycles. The molecule has 0 saturated carbocycles. The van der Waals surface area contributed by atoms with Crippen molar-refractivity contribution in [3.63, 3.8) is 0 Å². The van der Waals surface area contributed by atoms with E-state index < -0.39 is 6.17 Å². The van der Waals surface area contributed by atoms with Gasteiger partial charge in [0.2, 0.25) is 5.91 Å². The van der Waals surface area contributed by atoms with Crippen LogP contribution in [-0.4, -0.2) is 43.1 Å². The topological polar surface area (TPSA) is 114 Å². The maximum absolute atomic E-state index is 12.2. The number of methoxy groups -OCH3 is 2. The molecule has 0 aromatic heterocycles. The Morgan fingerprint density at radius 2 is 2.20 bits per heavy atom. The van der Waals surface area contributed by atoms with Gasteiger partial charge in [-0.2, -0.15) is 10.2 Å². The zero-order valence-corrected chi connectivity index (χ0v) is 14.3. The van der Waals surface area contributed by atoms with Gasteiger partial charge in [-0.1, -0.05) is 11.8 Å². The van der Waals surface area contributed by atoms with Crippen molar-refractivity contribution in [1.82, 2.24) is 5.32 Å². The highest BCUT2D eigenvalue weighted by Gasteiger charge is 2.30. The number of thioether (sulfide) groups is 1. The van der Waals surface area contributed by atoms with Gasteiger partial charge in [0.1, 0.15) is 11.5 Å².